The summed E-state index contributed by atoms with van der Waals surface area (Å²) in [5.41, 5.74) is 2.84. The van der Waals surface area contributed by atoms with Crippen LogP contribution in [0.3, 0.4) is 0 Å². The Morgan fingerprint density at radius 2 is 1.71 bits per heavy atom. The molecule has 2 rings (SSSR count). The molecular weight excluding hydrogens is 254 g/mol. The molecule has 0 spiro atoms. The average molecular weight is 287 g/mol. The van der Waals surface area contributed by atoms with Gasteiger partial charge in [-0.2, -0.15) is 0 Å². The number of nitrogens with one attached hydrogen (secondary N) is 1. The van der Waals surface area contributed by atoms with E-state index in [1.54, 1.807) is 0 Å². The summed E-state index contributed by atoms with van der Waals surface area (Å²) in [6.07, 6.45) is 9.92. The van der Waals surface area contributed by atoms with E-state index >= 15 is 0 Å². The van der Waals surface area contributed by atoms with Crippen molar-refractivity contribution in [3.05, 3.63) is 35.4 Å². The van der Waals surface area contributed by atoms with Crippen molar-refractivity contribution in [3.63, 3.8) is 0 Å². The lowest BCUT2D eigenvalue weighted by atomic mass is 9.75. The van der Waals surface area contributed by atoms with Gasteiger partial charge in [-0.3, -0.25) is 0 Å². The summed E-state index contributed by atoms with van der Waals surface area (Å²) in [6, 6.07) is 9.72. The highest BCUT2D eigenvalue weighted by Gasteiger charge is 2.27. The SMILES string of the molecule is CCCCC1CCC(C(NCC)c2ccc(C)cc2)CC1. The van der Waals surface area contributed by atoms with Gasteiger partial charge in [0.2, 0.25) is 0 Å². The minimum Gasteiger partial charge on any atom is -0.310 e. The molecule has 21 heavy (non-hydrogen) atoms. The second-order valence-corrected chi connectivity index (χ2v) is 6.87. The van der Waals surface area contributed by atoms with Crippen molar-refractivity contribution < 1.29 is 0 Å². The second-order valence-electron chi connectivity index (χ2n) is 6.87. The molecule has 0 radical (unpaired) electrons. The van der Waals surface area contributed by atoms with Crippen molar-refractivity contribution in [1.82, 2.24) is 5.32 Å². The Hall–Kier alpha value is -0.820. The van der Waals surface area contributed by atoms with Crippen molar-refractivity contribution in [2.24, 2.45) is 11.8 Å². The largest absolute Gasteiger partial charge is 0.310 e. The topological polar surface area (TPSA) is 12.0 Å². The van der Waals surface area contributed by atoms with E-state index in [9.17, 15) is 0 Å². The first-order chi connectivity index (χ1) is 10.2. The Morgan fingerprint density at radius 3 is 2.29 bits per heavy atom. The normalized spacial score (nSPS) is 24.0. The molecular formula is C20H33N. The van der Waals surface area contributed by atoms with E-state index in [2.05, 4.69) is 50.4 Å². The quantitative estimate of drug-likeness (QED) is 0.684. The first-order valence-electron chi connectivity index (χ1n) is 9.04. The second kappa shape index (κ2) is 8.58. The zero-order chi connectivity index (χ0) is 15.1. The Morgan fingerprint density at radius 1 is 1.05 bits per heavy atom. The Balaban J connectivity index is 1.95. The number of unbranched alkanes of at least 4 members (excludes halogenated alkanes) is 1. The summed E-state index contributed by atoms with van der Waals surface area (Å²) >= 11 is 0. The van der Waals surface area contributed by atoms with Crippen LogP contribution in [-0.2, 0) is 0 Å². The summed E-state index contributed by atoms with van der Waals surface area (Å²) in [6.45, 7) is 7.78. The van der Waals surface area contributed by atoms with E-state index in [0.717, 1.165) is 18.4 Å². The lowest BCUT2D eigenvalue weighted by molar-refractivity contribution is 0.214. The predicted molar refractivity (Wildman–Crippen MR) is 92.6 cm³/mol. The fourth-order valence-electron chi connectivity index (χ4n) is 3.85. The Labute approximate surface area is 131 Å². The third kappa shape index (κ3) is 4.85. The van der Waals surface area contributed by atoms with Gasteiger partial charge in [0, 0.05) is 6.04 Å². The average Bonchev–Trinajstić information content (AvgIpc) is 2.52. The first kappa shape index (κ1) is 16.5. The van der Waals surface area contributed by atoms with Crippen LogP contribution in [0.2, 0.25) is 0 Å². The number of hydrogen-bond donors (Lipinski definition) is 1. The third-order valence-electron chi connectivity index (χ3n) is 5.19. The molecule has 1 aromatic rings. The third-order valence-corrected chi connectivity index (χ3v) is 5.19. The molecule has 0 heterocycles. The van der Waals surface area contributed by atoms with Gasteiger partial charge in [-0.1, -0.05) is 75.8 Å². The molecule has 0 saturated heterocycles. The summed E-state index contributed by atoms with van der Waals surface area (Å²) in [5.74, 6) is 1.83. The maximum absolute atomic E-state index is 3.75. The molecule has 118 valence electrons. The van der Waals surface area contributed by atoms with Crippen LogP contribution in [0.5, 0.6) is 0 Å². The first-order valence-corrected chi connectivity index (χ1v) is 9.04. The Kier molecular flexibility index (Phi) is 6.76. The summed E-state index contributed by atoms with van der Waals surface area (Å²) < 4.78 is 0. The van der Waals surface area contributed by atoms with Gasteiger partial charge in [0.25, 0.3) is 0 Å². The van der Waals surface area contributed by atoms with Gasteiger partial charge < -0.3 is 5.32 Å². The van der Waals surface area contributed by atoms with Crippen LogP contribution >= 0.6 is 0 Å². The summed E-state index contributed by atoms with van der Waals surface area (Å²) in [7, 11) is 0. The molecule has 0 amide bonds. The van der Waals surface area contributed by atoms with Crippen molar-refractivity contribution >= 4 is 0 Å². The smallest absolute Gasteiger partial charge is 0.0348 e. The van der Waals surface area contributed by atoms with Gasteiger partial charge >= 0.3 is 0 Å². The van der Waals surface area contributed by atoms with Crippen LogP contribution in [0, 0.1) is 18.8 Å². The highest BCUT2D eigenvalue weighted by atomic mass is 14.9. The fraction of sp³-hybridized carbons (Fsp3) is 0.700. The summed E-state index contributed by atoms with van der Waals surface area (Å²) in [4.78, 5) is 0. The van der Waals surface area contributed by atoms with Gasteiger partial charge in [0.15, 0.2) is 0 Å². The monoisotopic (exact) mass is 287 g/mol. The van der Waals surface area contributed by atoms with Crippen molar-refractivity contribution in [2.75, 3.05) is 6.54 Å². The van der Waals surface area contributed by atoms with Gasteiger partial charge in [-0.05, 0) is 43.7 Å². The number of aryl methyl sites for hydroxylation is 1. The van der Waals surface area contributed by atoms with Crippen LogP contribution in [-0.4, -0.2) is 6.54 Å². The zero-order valence-corrected chi connectivity index (χ0v) is 14.2. The number of hydrogen-bond acceptors (Lipinski definition) is 1. The molecule has 1 atom stereocenters. The molecule has 1 aliphatic carbocycles. The molecule has 0 bridgehead atoms. The van der Waals surface area contributed by atoms with E-state index in [-0.39, 0.29) is 0 Å². The van der Waals surface area contributed by atoms with Gasteiger partial charge in [-0.15, -0.1) is 0 Å². The van der Waals surface area contributed by atoms with Crippen LogP contribution in [0.4, 0.5) is 0 Å². The molecule has 1 unspecified atom stereocenters. The maximum Gasteiger partial charge on any atom is 0.0348 e. The highest BCUT2D eigenvalue weighted by Crippen LogP contribution is 2.38. The highest BCUT2D eigenvalue weighted by molar-refractivity contribution is 5.24. The predicted octanol–water partition coefficient (Wildman–Crippen LogP) is 5.64. The van der Waals surface area contributed by atoms with E-state index in [1.807, 2.05) is 0 Å². The Bertz CT molecular complexity index is 387. The van der Waals surface area contributed by atoms with Crippen LogP contribution < -0.4 is 5.32 Å². The van der Waals surface area contributed by atoms with Crippen molar-refractivity contribution in [1.29, 1.82) is 0 Å². The minimum absolute atomic E-state index is 0.558. The molecule has 1 fully saturated rings. The summed E-state index contributed by atoms with van der Waals surface area (Å²) in [5, 5.41) is 3.75. The molecule has 1 aliphatic rings. The molecule has 1 N–H and O–H groups in total. The number of benzene rings is 1. The lowest BCUT2D eigenvalue weighted by Crippen LogP contribution is -2.31. The van der Waals surface area contributed by atoms with E-state index in [4.69, 9.17) is 0 Å². The molecule has 1 nitrogen and oxygen atoms in total. The van der Waals surface area contributed by atoms with E-state index < -0.39 is 0 Å². The zero-order valence-electron chi connectivity index (χ0n) is 14.2. The molecule has 1 heteroatoms. The lowest BCUT2D eigenvalue weighted by Gasteiger charge is -2.34. The van der Waals surface area contributed by atoms with Crippen LogP contribution in [0.1, 0.15) is 76.0 Å². The van der Waals surface area contributed by atoms with E-state index in [0.29, 0.717) is 6.04 Å². The van der Waals surface area contributed by atoms with Crippen LogP contribution in [0.25, 0.3) is 0 Å². The van der Waals surface area contributed by atoms with Crippen molar-refractivity contribution in [3.8, 4) is 0 Å². The molecule has 1 aromatic carbocycles. The molecule has 0 aliphatic heterocycles. The van der Waals surface area contributed by atoms with Gasteiger partial charge in [-0.25, -0.2) is 0 Å². The molecule has 0 aromatic heterocycles. The van der Waals surface area contributed by atoms with Gasteiger partial charge in [0.1, 0.15) is 0 Å². The minimum atomic E-state index is 0.558. The van der Waals surface area contributed by atoms with Crippen molar-refractivity contribution in [2.45, 2.75) is 71.8 Å². The standard InChI is InChI=1S/C20H33N/c1-4-6-7-17-10-14-19(15-11-17)20(21-5-2)18-12-8-16(3)9-13-18/h8-9,12-13,17,19-21H,4-7,10-11,14-15H2,1-3H3. The molecule has 1 saturated carbocycles. The van der Waals surface area contributed by atoms with E-state index in [1.165, 1.54) is 56.1 Å². The maximum atomic E-state index is 3.75. The number of rotatable bonds is 7. The fourth-order valence-corrected chi connectivity index (χ4v) is 3.85. The van der Waals surface area contributed by atoms with Crippen LogP contribution in [0.15, 0.2) is 24.3 Å². The van der Waals surface area contributed by atoms with Gasteiger partial charge in [0.05, 0.1) is 0 Å².